The van der Waals surface area contributed by atoms with E-state index in [4.69, 9.17) is 5.73 Å². The molecule has 0 spiro atoms. The maximum atomic E-state index is 12.1. The molecule has 0 radical (unpaired) electrons. The van der Waals surface area contributed by atoms with E-state index in [2.05, 4.69) is 31.0 Å². The monoisotopic (exact) mass is 269 g/mol. The van der Waals surface area contributed by atoms with Crippen LogP contribution in [0.2, 0.25) is 0 Å². The highest BCUT2D eigenvalue weighted by atomic mass is 16.2. The van der Waals surface area contributed by atoms with Gasteiger partial charge in [-0.15, -0.1) is 0 Å². The van der Waals surface area contributed by atoms with E-state index >= 15 is 0 Å². The molecule has 4 heteroatoms. The fourth-order valence-corrected chi connectivity index (χ4v) is 2.96. The van der Waals surface area contributed by atoms with Crippen molar-refractivity contribution in [3.63, 3.8) is 0 Å². The summed E-state index contributed by atoms with van der Waals surface area (Å²) in [6.45, 7) is 8.65. The zero-order valence-corrected chi connectivity index (χ0v) is 12.8. The van der Waals surface area contributed by atoms with Crippen LogP contribution in [0.3, 0.4) is 0 Å². The molecule has 4 nitrogen and oxygen atoms in total. The first kappa shape index (κ1) is 16.4. The number of likely N-dealkylation sites (tertiary alicyclic amines) is 1. The Kier molecular flexibility index (Phi) is 7.39. The summed E-state index contributed by atoms with van der Waals surface area (Å²) in [6, 6.07) is 0.697. The molecule has 1 heterocycles. The van der Waals surface area contributed by atoms with Crippen LogP contribution in [0.25, 0.3) is 0 Å². The minimum absolute atomic E-state index is 0.155. The first-order valence-electron chi connectivity index (χ1n) is 7.87. The third-order valence-electron chi connectivity index (χ3n) is 4.49. The van der Waals surface area contributed by atoms with E-state index in [1.54, 1.807) is 0 Å². The van der Waals surface area contributed by atoms with Crippen molar-refractivity contribution in [1.82, 2.24) is 10.2 Å². The number of nitrogens with two attached hydrogens (primary N) is 1. The number of carbonyl (C=O) groups excluding carboxylic acids is 1. The summed E-state index contributed by atoms with van der Waals surface area (Å²) in [6.07, 6.45) is 5.57. The van der Waals surface area contributed by atoms with Crippen LogP contribution in [0, 0.1) is 5.92 Å². The van der Waals surface area contributed by atoms with E-state index in [1.807, 2.05) is 0 Å². The van der Waals surface area contributed by atoms with Gasteiger partial charge in [-0.2, -0.15) is 0 Å². The van der Waals surface area contributed by atoms with Crippen LogP contribution in [-0.4, -0.2) is 42.5 Å². The summed E-state index contributed by atoms with van der Waals surface area (Å²) in [5.74, 6) is 0.939. The molecule has 1 saturated heterocycles. The summed E-state index contributed by atoms with van der Waals surface area (Å²) < 4.78 is 0. The normalized spacial score (nSPS) is 24.7. The van der Waals surface area contributed by atoms with Crippen LogP contribution >= 0.6 is 0 Å². The summed E-state index contributed by atoms with van der Waals surface area (Å²) in [4.78, 5) is 14.3. The van der Waals surface area contributed by atoms with Gasteiger partial charge in [0.2, 0.25) is 5.91 Å². The fourth-order valence-electron chi connectivity index (χ4n) is 2.96. The van der Waals surface area contributed by atoms with Crippen molar-refractivity contribution in [2.45, 2.75) is 65.0 Å². The standard InChI is InChI=1S/C15H31N3O/c1-4-12-7-8-18(14(9-12)10-16)11-15(19)17-13(5-2)6-3/h12-14H,4-11,16H2,1-3H3,(H,17,19). The molecule has 112 valence electrons. The van der Waals surface area contributed by atoms with Gasteiger partial charge in [0.15, 0.2) is 0 Å². The molecule has 2 unspecified atom stereocenters. The van der Waals surface area contributed by atoms with Gasteiger partial charge in [0, 0.05) is 18.6 Å². The molecule has 2 atom stereocenters. The van der Waals surface area contributed by atoms with Crippen LogP contribution in [0.5, 0.6) is 0 Å². The lowest BCUT2D eigenvalue weighted by molar-refractivity contribution is -0.124. The van der Waals surface area contributed by atoms with Gasteiger partial charge in [-0.05, 0) is 38.1 Å². The van der Waals surface area contributed by atoms with E-state index in [-0.39, 0.29) is 5.91 Å². The molecular formula is C15H31N3O. The first-order chi connectivity index (χ1) is 9.14. The number of nitrogens with one attached hydrogen (secondary N) is 1. The second-order valence-corrected chi connectivity index (χ2v) is 5.74. The van der Waals surface area contributed by atoms with Crippen molar-refractivity contribution in [2.75, 3.05) is 19.6 Å². The molecule has 0 aromatic heterocycles. The maximum absolute atomic E-state index is 12.1. The Morgan fingerprint density at radius 1 is 1.37 bits per heavy atom. The van der Waals surface area contributed by atoms with E-state index in [0.29, 0.717) is 25.2 Å². The third kappa shape index (κ3) is 5.11. The number of nitrogens with zero attached hydrogens (tertiary/aromatic N) is 1. The molecule has 0 saturated carbocycles. The van der Waals surface area contributed by atoms with Crippen LogP contribution in [-0.2, 0) is 4.79 Å². The van der Waals surface area contributed by atoms with Crippen molar-refractivity contribution < 1.29 is 4.79 Å². The SMILES string of the molecule is CCC1CCN(CC(=O)NC(CC)CC)C(CN)C1. The van der Waals surface area contributed by atoms with Crippen molar-refractivity contribution in [1.29, 1.82) is 0 Å². The zero-order valence-electron chi connectivity index (χ0n) is 12.8. The van der Waals surface area contributed by atoms with E-state index < -0.39 is 0 Å². The van der Waals surface area contributed by atoms with Gasteiger partial charge >= 0.3 is 0 Å². The number of piperidine rings is 1. The Balaban J connectivity index is 2.44. The molecule has 1 aliphatic rings. The van der Waals surface area contributed by atoms with Crippen LogP contribution in [0.4, 0.5) is 0 Å². The van der Waals surface area contributed by atoms with Crippen LogP contribution in [0.15, 0.2) is 0 Å². The molecule has 19 heavy (non-hydrogen) atoms. The van der Waals surface area contributed by atoms with Crippen LogP contribution in [0.1, 0.15) is 52.9 Å². The van der Waals surface area contributed by atoms with Crippen LogP contribution < -0.4 is 11.1 Å². The van der Waals surface area contributed by atoms with Gasteiger partial charge in [-0.1, -0.05) is 27.2 Å². The summed E-state index contributed by atoms with van der Waals surface area (Å²) in [5.41, 5.74) is 5.87. The molecule has 0 aliphatic carbocycles. The molecule has 1 fully saturated rings. The van der Waals surface area contributed by atoms with Crippen molar-refractivity contribution in [2.24, 2.45) is 11.7 Å². The fraction of sp³-hybridized carbons (Fsp3) is 0.933. The van der Waals surface area contributed by atoms with E-state index in [9.17, 15) is 4.79 Å². The van der Waals surface area contributed by atoms with Gasteiger partial charge in [-0.3, -0.25) is 9.69 Å². The van der Waals surface area contributed by atoms with Gasteiger partial charge in [0.05, 0.1) is 6.54 Å². The zero-order chi connectivity index (χ0) is 14.3. The molecular weight excluding hydrogens is 238 g/mol. The predicted octanol–water partition coefficient (Wildman–Crippen LogP) is 1.74. The highest BCUT2D eigenvalue weighted by molar-refractivity contribution is 5.78. The largest absolute Gasteiger partial charge is 0.352 e. The van der Waals surface area contributed by atoms with E-state index in [0.717, 1.165) is 31.7 Å². The quantitative estimate of drug-likeness (QED) is 0.740. The molecule has 1 rings (SSSR count). The Bertz CT molecular complexity index is 266. The Hall–Kier alpha value is -0.610. The average Bonchev–Trinajstić information content (AvgIpc) is 2.45. The minimum Gasteiger partial charge on any atom is -0.352 e. The molecule has 1 aliphatic heterocycles. The lowest BCUT2D eigenvalue weighted by Crippen LogP contribution is -2.51. The van der Waals surface area contributed by atoms with Gasteiger partial charge in [0.25, 0.3) is 0 Å². The maximum Gasteiger partial charge on any atom is 0.234 e. The topological polar surface area (TPSA) is 58.4 Å². The molecule has 0 aromatic carbocycles. The number of carbonyl (C=O) groups is 1. The third-order valence-corrected chi connectivity index (χ3v) is 4.49. The lowest BCUT2D eigenvalue weighted by atomic mass is 9.89. The lowest BCUT2D eigenvalue weighted by Gasteiger charge is -2.38. The second kappa shape index (κ2) is 8.54. The molecule has 0 aromatic rings. The van der Waals surface area contributed by atoms with E-state index in [1.165, 1.54) is 12.8 Å². The molecule has 1 amide bonds. The summed E-state index contributed by atoms with van der Waals surface area (Å²) >= 11 is 0. The predicted molar refractivity (Wildman–Crippen MR) is 79.9 cm³/mol. The van der Waals surface area contributed by atoms with Gasteiger partial charge in [-0.25, -0.2) is 0 Å². The Labute approximate surface area is 118 Å². The van der Waals surface area contributed by atoms with Gasteiger partial charge in [0.1, 0.15) is 0 Å². The smallest absolute Gasteiger partial charge is 0.234 e. The van der Waals surface area contributed by atoms with Crippen molar-refractivity contribution >= 4 is 5.91 Å². The Morgan fingerprint density at radius 2 is 2.05 bits per heavy atom. The summed E-state index contributed by atoms with van der Waals surface area (Å²) in [5, 5.41) is 3.11. The number of hydrogen-bond acceptors (Lipinski definition) is 3. The second-order valence-electron chi connectivity index (χ2n) is 5.74. The highest BCUT2D eigenvalue weighted by Crippen LogP contribution is 2.24. The molecule has 3 N–H and O–H groups in total. The summed E-state index contributed by atoms with van der Waals surface area (Å²) in [7, 11) is 0. The average molecular weight is 269 g/mol. The number of rotatable bonds is 7. The minimum atomic E-state index is 0.155. The van der Waals surface area contributed by atoms with Gasteiger partial charge < -0.3 is 11.1 Å². The highest BCUT2D eigenvalue weighted by Gasteiger charge is 2.28. The number of hydrogen-bond donors (Lipinski definition) is 2. The Morgan fingerprint density at radius 3 is 2.58 bits per heavy atom. The first-order valence-corrected chi connectivity index (χ1v) is 7.87. The van der Waals surface area contributed by atoms with Crippen molar-refractivity contribution in [3.05, 3.63) is 0 Å². The molecule has 0 bridgehead atoms. The van der Waals surface area contributed by atoms with Crippen molar-refractivity contribution in [3.8, 4) is 0 Å². The number of amides is 1.